The number of epoxide rings is 1. The minimum absolute atomic E-state index is 0.187. The predicted octanol–water partition coefficient (Wildman–Crippen LogP) is 1.62. The van der Waals surface area contributed by atoms with Gasteiger partial charge in [-0.25, -0.2) is 4.39 Å². The molecule has 0 spiro atoms. The maximum atomic E-state index is 13.1. The second-order valence-corrected chi connectivity index (χ2v) is 4.35. The van der Waals surface area contributed by atoms with Crippen LogP contribution in [0.4, 0.5) is 4.39 Å². The number of benzene rings is 1. The second kappa shape index (κ2) is 4.33. The Morgan fingerprint density at radius 1 is 1.65 bits per heavy atom. The second-order valence-electron chi connectivity index (χ2n) is 4.35. The summed E-state index contributed by atoms with van der Waals surface area (Å²) < 4.78 is 23.6. The van der Waals surface area contributed by atoms with Crippen LogP contribution in [0.5, 0.6) is 5.75 Å². The summed E-state index contributed by atoms with van der Waals surface area (Å²) in [6.07, 6.45) is -0.187. The third-order valence-corrected chi connectivity index (χ3v) is 2.54. The maximum Gasteiger partial charge on any atom is 0.307 e. The van der Waals surface area contributed by atoms with Gasteiger partial charge in [-0.2, -0.15) is 0 Å². The lowest BCUT2D eigenvalue weighted by Gasteiger charge is -2.12. The van der Waals surface area contributed by atoms with Gasteiger partial charge in [0, 0.05) is 11.6 Å². The summed E-state index contributed by atoms with van der Waals surface area (Å²) in [5, 5.41) is 8.73. The van der Waals surface area contributed by atoms with E-state index in [1.54, 1.807) is 0 Å². The number of carboxylic acids is 1. The summed E-state index contributed by atoms with van der Waals surface area (Å²) in [5.74, 6) is -1.16. The van der Waals surface area contributed by atoms with Crippen LogP contribution < -0.4 is 4.74 Å². The minimum Gasteiger partial charge on any atom is -0.490 e. The highest BCUT2D eigenvalue weighted by atomic mass is 19.1. The van der Waals surface area contributed by atoms with Crippen molar-refractivity contribution in [3.8, 4) is 5.75 Å². The van der Waals surface area contributed by atoms with Gasteiger partial charge in [-0.1, -0.05) is 6.07 Å². The Hall–Kier alpha value is -1.62. The fraction of sp³-hybridized carbons (Fsp3) is 0.417. The first-order chi connectivity index (χ1) is 7.98. The Balaban J connectivity index is 2.11. The van der Waals surface area contributed by atoms with Crippen LogP contribution in [0.25, 0.3) is 0 Å². The number of hydrogen-bond donors (Lipinski definition) is 1. The van der Waals surface area contributed by atoms with Crippen molar-refractivity contribution in [2.24, 2.45) is 0 Å². The molecule has 0 bridgehead atoms. The van der Waals surface area contributed by atoms with Gasteiger partial charge in [0.15, 0.2) is 0 Å². The molecule has 1 aromatic carbocycles. The number of carboxylic acid groups (broad SMARTS) is 1. The lowest BCUT2D eigenvalue weighted by Crippen LogP contribution is -2.18. The van der Waals surface area contributed by atoms with Crippen molar-refractivity contribution >= 4 is 5.97 Å². The first-order valence-corrected chi connectivity index (χ1v) is 5.25. The number of ether oxygens (including phenoxy) is 2. The van der Waals surface area contributed by atoms with Crippen LogP contribution in [0.15, 0.2) is 18.2 Å². The summed E-state index contributed by atoms with van der Waals surface area (Å²) in [7, 11) is 0. The van der Waals surface area contributed by atoms with E-state index in [9.17, 15) is 9.18 Å². The molecule has 0 aliphatic carbocycles. The standard InChI is InChI=1S/C12H13FO4/c1-12(7-17-12)6-16-10-5-9(13)3-2-8(10)4-11(14)15/h2-3,5H,4,6-7H2,1H3,(H,14,15)/t12-/m1/s1. The zero-order chi connectivity index (χ0) is 12.5. The first kappa shape index (κ1) is 11.9. The van der Waals surface area contributed by atoms with Gasteiger partial charge in [-0.3, -0.25) is 4.79 Å². The highest BCUT2D eigenvalue weighted by Gasteiger charge is 2.40. The Bertz CT molecular complexity index is 440. The molecule has 1 aliphatic heterocycles. The highest BCUT2D eigenvalue weighted by molar-refractivity contribution is 5.71. The van der Waals surface area contributed by atoms with E-state index in [1.165, 1.54) is 18.2 Å². The van der Waals surface area contributed by atoms with Crippen LogP contribution in [0.1, 0.15) is 12.5 Å². The number of rotatable bonds is 5. The molecule has 5 heteroatoms. The fourth-order valence-electron chi connectivity index (χ4n) is 1.41. The number of hydrogen-bond acceptors (Lipinski definition) is 3. The third-order valence-electron chi connectivity index (χ3n) is 2.54. The maximum absolute atomic E-state index is 13.1. The van der Waals surface area contributed by atoms with Gasteiger partial charge < -0.3 is 14.6 Å². The Labute approximate surface area is 98.0 Å². The van der Waals surface area contributed by atoms with E-state index in [0.717, 1.165) is 0 Å². The average molecular weight is 240 g/mol. The lowest BCUT2D eigenvalue weighted by atomic mass is 10.1. The normalized spacial score (nSPS) is 22.2. The molecular formula is C12H13FO4. The van der Waals surface area contributed by atoms with E-state index in [0.29, 0.717) is 18.8 Å². The molecule has 1 heterocycles. The van der Waals surface area contributed by atoms with Crippen molar-refractivity contribution in [1.82, 2.24) is 0 Å². The van der Waals surface area contributed by atoms with Crippen LogP contribution in [0, 0.1) is 5.82 Å². The Morgan fingerprint density at radius 3 is 2.94 bits per heavy atom. The van der Waals surface area contributed by atoms with Gasteiger partial charge in [0.05, 0.1) is 13.0 Å². The van der Waals surface area contributed by atoms with Gasteiger partial charge in [0.1, 0.15) is 23.8 Å². The smallest absolute Gasteiger partial charge is 0.307 e. The van der Waals surface area contributed by atoms with Gasteiger partial charge >= 0.3 is 5.97 Å². The van der Waals surface area contributed by atoms with Crippen LogP contribution in [-0.4, -0.2) is 29.9 Å². The van der Waals surface area contributed by atoms with Crippen LogP contribution in [0.3, 0.4) is 0 Å². The summed E-state index contributed by atoms with van der Waals surface area (Å²) in [6.45, 7) is 2.78. The molecule has 0 radical (unpaired) electrons. The predicted molar refractivity (Wildman–Crippen MR) is 57.6 cm³/mol. The van der Waals surface area contributed by atoms with Gasteiger partial charge in [0.25, 0.3) is 0 Å². The molecule has 0 unspecified atom stereocenters. The molecule has 1 atom stereocenters. The molecule has 4 nitrogen and oxygen atoms in total. The summed E-state index contributed by atoms with van der Waals surface area (Å²) >= 11 is 0. The van der Waals surface area contributed by atoms with Crippen molar-refractivity contribution < 1.29 is 23.8 Å². The van der Waals surface area contributed by atoms with Crippen LogP contribution >= 0.6 is 0 Å². The fourth-order valence-corrected chi connectivity index (χ4v) is 1.41. The molecule has 1 aliphatic rings. The van der Waals surface area contributed by atoms with Crippen LogP contribution in [-0.2, 0) is 16.0 Å². The summed E-state index contributed by atoms with van der Waals surface area (Å²) in [6, 6.07) is 3.85. The largest absolute Gasteiger partial charge is 0.490 e. The monoisotopic (exact) mass is 240 g/mol. The van der Waals surface area contributed by atoms with Gasteiger partial charge in [-0.05, 0) is 13.0 Å². The zero-order valence-electron chi connectivity index (χ0n) is 9.40. The molecule has 1 fully saturated rings. The topological polar surface area (TPSA) is 59.1 Å². The zero-order valence-corrected chi connectivity index (χ0v) is 9.40. The Kier molecular flexibility index (Phi) is 3.02. The highest BCUT2D eigenvalue weighted by Crippen LogP contribution is 2.28. The number of aliphatic carboxylic acids is 1. The van der Waals surface area contributed by atoms with Gasteiger partial charge in [0.2, 0.25) is 0 Å². The number of halogens is 1. The average Bonchev–Trinajstić information content (AvgIpc) is 2.97. The molecule has 1 N–H and O–H groups in total. The van der Waals surface area contributed by atoms with E-state index in [1.807, 2.05) is 6.92 Å². The lowest BCUT2D eigenvalue weighted by molar-refractivity contribution is -0.136. The van der Waals surface area contributed by atoms with Crippen molar-refractivity contribution in [3.63, 3.8) is 0 Å². The van der Waals surface area contributed by atoms with Crippen molar-refractivity contribution in [2.75, 3.05) is 13.2 Å². The van der Waals surface area contributed by atoms with Crippen LogP contribution in [0.2, 0.25) is 0 Å². The summed E-state index contributed by atoms with van der Waals surface area (Å²) in [4.78, 5) is 10.6. The molecule has 1 aromatic rings. The molecule has 92 valence electrons. The quantitative estimate of drug-likeness (QED) is 0.794. The third kappa shape index (κ3) is 3.17. The Morgan fingerprint density at radius 2 is 2.35 bits per heavy atom. The molecule has 0 amide bonds. The SMILES string of the molecule is C[C@@]1(COc2cc(F)ccc2CC(=O)O)CO1. The number of carbonyl (C=O) groups is 1. The van der Waals surface area contributed by atoms with Crippen molar-refractivity contribution in [1.29, 1.82) is 0 Å². The first-order valence-electron chi connectivity index (χ1n) is 5.25. The molecule has 0 aromatic heterocycles. The van der Waals surface area contributed by atoms with E-state index in [-0.39, 0.29) is 17.8 Å². The van der Waals surface area contributed by atoms with E-state index in [4.69, 9.17) is 14.6 Å². The van der Waals surface area contributed by atoms with E-state index in [2.05, 4.69) is 0 Å². The molecular weight excluding hydrogens is 227 g/mol. The molecule has 0 saturated carbocycles. The van der Waals surface area contributed by atoms with E-state index < -0.39 is 11.8 Å². The van der Waals surface area contributed by atoms with Gasteiger partial charge in [-0.15, -0.1) is 0 Å². The summed E-state index contributed by atoms with van der Waals surface area (Å²) in [5.41, 5.74) is 0.149. The van der Waals surface area contributed by atoms with Crippen molar-refractivity contribution in [2.45, 2.75) is 18.9 Å². The van der Waals surface area contributed by atoms with Crippen molar-refractivity contribution in [3.05, 3.63) is 29.6 Å². The van der Waals surface area contributed by atoms with E-state index >= 15 is 0 Å². The molecule has 1 saturated heterocycles. The minimum atomic E-state index is -0.977. The molecule has 17 heavy (non-hydrogen) atoms. The molecule has 2 rings (SSSR count).